The first-order valence-corrected chi connectivity index (χ1v) is 6.05. The van der Waals surface area contributed by atoms with Gasteiger partial charge in [-0.25, -0.2) is 0 Å². The van der Waals surface area contributed by atoms with Gasteiger partial charge in [-0.15, -0.1) is 0 Å². The van der Waals surface area contributed by atoms with E-state index in [2.05, 4.69) is 58.4 Å². The van der Waals surface area contributed by atoms with Crippen LogP contribution in [0.4, 0.5) is 0 Å². The van der Waals surface area contributed by atoms with Gasteiger partial charge in [-0.3, -0.25) is 0 Å². The van der Waals surface area contributed by atoms with E-state index >= 15 is 0 Å². The van der Waals surface area contributed by atoms with Gasteiger partial charge in [0, 0.05) is 5.33 Å². The maximum absolute atomic E-state index is 3.42. The second-order valence-corrected chi connectivity index (χ2v) is 4.19. The Labute approximate surface area is 93.5 Å². The third-order valence-electron chi connectivity index (χ3n) is 2.44. The van der Waals surface area contributed by atoms with Crippen LogP contribution < -0.4 is 0 Å². The minimum absolute atomic E-state index is 1.04. The van der Waals surface area contributed by atoms with E-state index in [0.717, 1.165) is 18.2 Å². The number of alkyl halides is 1. The highest BCUT2D eigenvalue weighted by molar-refractivity contribution is 9.09. The number of hydrogen-bond donors (Lipinski definition) is 0. The first kappa shape index (κ1) is 9.72. The maximum Gasteiger partial charge on any atom is 0.00660 e. The monoisotopic (exact) mass is 248 g/mol. The lowest BCUT2D eigenvalue weighted by molar-refractivity contribution is 1.26. The van der Waals surface area contributed by atoms with Crippen molar-refractivity contribution < 1.29 is 0 Å². The molecule has 0 atom stereocenters. The summed E-state index contributed by atoms with van der Waals surface area (Å²) in [5.74, 6) is 0. The molecular weight excluding hydrogens is 236 g/mol. The van der Waals surface area contributed by atoms with Crippen LogP contribution in [0.1, 0.15) is 23.1 Å². The van der Waals surface area contributed by atoms with E-state index in [1.165, 1.54) is 16.7 Å². The fourth-order valence-corrected chi connectivity index (χ4v) is 2.01. The molecule has 0 aromatic heterocycles. The lowest BCUT2D eigenvalue weighted by atomic mass is 10.0. The third-order valence-corrected chi connectivity index (χ3v) is 2.90. The zero-order chi connectivity index (χ0) is 9.80. The highest BCUT2D eigenvalue weighted by Gasteiger charge is 2.06. The minimum atomic E-state index is 1.04. The van der Waals surface area contributed by atoms with Crippen LogP contribution in [0.2, 0.25) is 0 Å². The zero-order valence-corrected chi connectivity index (χ0v) is 9.63. The number of halogens is 1. The van der Waals surface area contributed by atoms with Gasteiger partial charge in [0.05, 0.1) is 0 Å². The van der Waals surface area contributed by atoms with E-state index in [0.29, 0.717) is 0 Å². The topological polar surface area (TPSA) is 0 Å². The quantitative estimate of drug-likeness (QED) is 0.709. The Kier molecular flexibility index (Phi) is 3.20. The number of allylic oxidation sites excluding steroid dienone is 2. The summed E-state index contributed by atoms with van der Waals surface area (Å²) in [6.45, 7) is 0. The molecule has 1 aromatic carbocycles. The van der Waals surface area contributed by atoms with Gasteiger partial charge in [-0.05, 0) is 29.5 Å². The molecule has 2 rings (SSSR count). The Morgan fingerprint density at radius 2 is 2.29 bits per heavy atom. The van der Waals surface area contributed by atoms with Gasteiger partial charge in [0.1, 0.15) is 0 Å². The molecule has 0 amide bonds. The Morgan fingerprint density at radius 1 is 1.36 bits per heavy atom. The van der Waals surface area contributed by atoms with Gasteiger partial charge >= 0.3 is 0 Å². The van der Waals surface area contributed by atoms with Crippen molar-refractivity contribution in [1.82, 2.24) is 0 Å². The average molecular weight is 249 g/mol. The first-order valence-electron chi connectivity index (χ1n) is 4.93. The second-order valence-electron chi connectivity index (χ2n) is 3.40. The van der Waals surface area contributed by atoms with E-state index in [1.807, 2.05) is 0 Å². The van der Waals surface area contributed by atoms with Gasteiger partial charge < -0.3 is 0 Å². The molecule has 1 heteroatoms. The maximum atomic E-state index is 3.42. The molecule has 0 unspecified atom stereocenters. The normalized spacial score (nSPS) is 13.8. The van der Waals surface area contributed by atoms with Crippen LogP contribution in [0, 0.1) is 0 Å². The summed E-state index contributed by atoms with van der Waals surface area (Å²) in [7, 11) is 0. The highest BCUT2D eigenvalue weighted by atomic mass is 79.9. The summed E-state index contributed by atoms with van der Waals surface area (Å²) < 4.78 is 0. The summed E-state index contributed by atoms with van der Waals surface area (Å²) in [6.07, 6.45) is 11.1. The molecule has 72 valence electrons. The largest absolute Gasteiger partial charge is 0.0925 e. The highest BCUT2D eigenvalue weighted by Crippen LogP contribution is 2.24. The van der Waals surface area contributed by atoms with E-state index in [4.69, 9.17) is 0 Å². The van der Waals surface area contributed by atoms with Crippen molar-refractivity contribution in [3.05, 3.63) is 47.0 Å². The summed E-state index contributed by atoms with van der Waals surface area (Å²) >= 11 is 3.42. The Bertz CT molecular complexity index is 375. The number of hydrogen-bond acceptors (Lipinski definition) is 0. The first-order chi connectivity index (χ1) is 6.92. The van der Waals surface area contributed by atoms with Crippen molar-refractivity contribution in [3.8, 4) is 0 Å². The molecule has 0 bridgehead atoms. The summed E-state index contributed by atoms with van der Waals surface area (Å²) in [5, 5.41) is 1.04. The predicted octanol–water partition coefficient (Wildman–Crippen LogP) is 4.05. The molecule has 1 aliphatic carbocycles. The summed E-state index contributed by atoms with van der Waals surface area (Å²) in [4.78, 5) is 0. The lowest BCUT2D eigenvalue weighted by Gasteiger charge is -2.03. The molecule has 0 N–H and O–H groups in total. The Hall–Kier alpha value is -0.820. The standard InChI is InChI=1S/C13H13Br/c14-10-2-1-5-11-6-3-7-12-8-4-9-13(11)12/h1,3-8H,2,9-10H2. The number of rotatable bonds is 3. The SMILES string of the molecule is BrCCC=Cc1cccc2c1CC=C2. The lowest BCUT2D eigenvalue weighted by Crippen LogP contribution is -1.86. The fourth-order valence-electron chi connectivity index (χ4n) is 1.75. The van der Waals surface area contributed by atoms with Gasteiger partial charge in [0.15, 0.2) is 0 Å². The van der Waals surface area contributed by atoms with Crippen LogP contribution in [-0.4, -0.2) is 5.33 Å². The van der Waals surface area contributed by atoms with Crippen LogP contribution in [0.3, 0.4) is 0 Å². The molecule has 0 saturated heterocycles. The van der Waals surface area contributed by atoms with Gasteiger partial charge in [-0.2, -0.15) is 0 Å². The third kappa shape index (κ3) is 1.98. The van der Waals surface area contributed by atoms with E-state index in [9.17, 15) is 0 Å². The van der Waals surface area contributed by atoms with Gasteiger partial charge in [0.25, 0.3) is 0 Å². The van der Waals surface area contributed by atoms with Gasteiger partial charge in [0.2, 0.25) is 0 Å². The molecule has 0 heterocycles. The van der Waals surface area contributed by atoms with Gasteiger partial charge in [-0.1, -0.05) is 58.4 Å². The minimum Gasteiger partial charge on any atom is -0.0925 e. The zero-order valence-electron chi connectivity index (χ0n) is 8.04. The summed E-state index contributed by atoms with van der Waals surface area (Å²) in [6, 6.07) is 6.50. The second kappa shape index (κ2) is 4.61. The molecule has 14 heavy (non-hydrogen) atoms. The number of fused-ring (bicyclic) bond motifs is 1. The van der Waals surface area contributed by atoms with Crippen LogP contribution in [0.15, 0.2) is 30.4 Å². The molecule has 0 spiro atoms. The number of benzene rings is 1. The molecular formula is C13H13Br. The van der Waals surface area contributed by atoms with Crippen molar-refractivity contribution in [2.24, 2.45) is 0 Å². The average Bonchev–Trinajstić information content (AvgIpc) is 2.67. The van der Waals surface area contributed by atoms with E-state index in [-0.39, 0.29) is 0 Å². The molecule has 0 radical (unpaired) electrons. The van der Waals surface area contributed by atoms with Crippen molar-refractivity contribution >= 4 is 28.1 Å². The van der Waals surface area contributed by atoms with Crippen LogP contribution in [0.5, 0.6) is 0 Å². The van der Waals surface area contributed by atoms with Crippen molar-refractivity contribution in [1.29, 1.82) is 0 Å². The van der Waals surface area contributed by atoms with Crippen LogP contribution in [-0.2, 0) is 6.42 Å². The molecule has 0 saturated carbocycles. The Balaban J connectivity index is 2.23. The molecule has 1 aliphatic rings. The van der Waals surface area contributed by atoms with Crippen molar-refractivity contribution in [2.45, 2.75) is 12.8 Å². The Morgan fingerprint density at radius 3 is 3.14 bits per heavy atom. The predicted molar refractivity (Wildman–Crippen MR) is 66.6 cm³/mol. The summed E-state index contributed by atoms with van der Waals surface area (Å²) in [5.41, 5.74) is 4.22. The fraction of sp³-hybridized carbons (Fsp3) is 0.231. The van der Waals surface area contributed by atoms with Crippen LogP contribution in [0.25, 0.3) is 12.2 Å². The van der Waals surface area contributed by atoms with E-state index < -0.39 is 0 Å². The molecule has 1 aromatic rings. The van der Waals surface area contributed by atoms with E-state index in [1.54, 1.807) is 0 Å². The molecule has 0 aliphatic heterocycles. The molecule has 0 fully saturated rings. The van der Waals surface area contributed by atoms with Crippen molar-refractivity contribution in [2.75, 3.05) is 5.33 Å². The van der Waals surface area contributed by atoms with Crippen LogP contribution >= 0.6 is 15.9 Å². The molecule has 0 nitrogen and oxygen atoms in total. The van der Waals surface area contributed by atoms with Crippen molar-refractivity contribution in [3.63, 3.8) is 0 Å². The smallest absolute Gasteiger partial charge is 0.00660 e.